The number of nitrogens with two attached hydrogens (primary N) is 1. The average molecular weight is 1380 g/mol. The Balaban J connectivity index is 0.000000400. The van der Waals surface area contributed by atoms with Gasteiger partial charge >= 0.3 is 59.8 Å². The fraction of sp³-hybridized carbons (Fsp3) is 0.882. The fourth-order valence-corrected chi connectivity index (χ4v) is 20.2. The van der Waals surface area contributed by atoms with Crippen molar-refractivity contribution in [3.8, 4) is 0 Å². The zero-order valence-electron chi connectivity index (χ0n) is 62.1. The van der Waals surface area contributed by atoms with Gasteiger partial charge in [0.2, 0.25) is 0 Å². The monoisotopic (exact) mass is 1380 g/mol. The molecule has 0 bridgehead atoms. The number of alkyl halides is 1. The molecule has 1 saturated heterocycles. The number of nitrogens with zero attached hydrogens (tertiary/aromatic N) is 1. The van der Waals surface area contributed by atoms with Crippen LogP contribution in [0.25, 0.3) is 0 Å². The van der Waals surface area contributed by atoms with Crippen molar-refractivity contribution in [2.45, 2.75) is 263 Å². The average Bonchev–Trinajstić information content (AvgIpc) is 1.36. The van der Waals surface area contributed by atoms with Crippen molar-refractivity contribution in [2.24, 2.45) is 98.4 Å². The maximum Gasteiger partial charge on any atom is 1.00 e. The zero-order chi connectivity index (χ0) is 67.7. The van der Waals surface area contributed by atoms with Gasteiger partial charge in [-0.2, -0.15) is 9.59 Å². The molecule has 2 amide bonds. The van der Waals surface area contributed by atoms with Gasteiger partial charge < -0.3 is 41.5 Å². The van der Waals surface area contributed by atoms with E-state index >= 15 is 0 Å². The number of esters is 2. The molecule has 0 unspecified atom stereocenters. The Kier molecular flexibility index (Phi) is 36.9. The van der Waals surface area contributed by atoms with Crippen molar-refractivity contribution in [1.29, 1.82) is 0 Å². The Hall–Kier alpha value is -2.30. The maximum absolute atomic E-state index is 12.7. The topological polar surface area (TPSA) is 202 Å². The fourth-order valence-electron chi connectivity index (χ4n) is 20.1. The molecule has 6 saturated carbocycles. The van der Waals surface area contributed by atoms with E-state index in [-0.39, 0.29) is 85.4 Å². The summed E-state index contributed by atoms with van der Waals surface area (Å²) in [6.07, 6.45) is 36.5. The second-order valence-electron chi connectivity index (χ2n) is 31.2. The van der Waals surface area contributed by atoms with Gasteiger partial charge in [0.15, 0.2) is 0 Å². The minimum atomic E-state index is -0.330. The number of fused-ring (bicyclic) bond motifs is 10. The summed E-state index contributed by atoms with van der Waals surface area (Å²) >= 11 is 2.94. The molecule has 0 aromatic heterocycles. The Bertz CT molecular complexity index is 2350. The molecule has 7 fully saturated rings. The molecule has 0 radical (unpaired) electrons. The van der Waals surface area contributed by atoms with Gasteiger partial charge in [-0.1, -0.05) is 154 Å². The molecular formula is C76H132BrN4NaO11. The molecule has 9 rings (SSSR count). The summed E-state index contributed by atoms with van der Waals surface area (Å²) in [6, 6.07) is 0. The summed E-state index contributed by atoms with van der Waals surface area (Å²) in [7, 11) is 0. The number of ether oxygens (including phenoxy) is 5. The number of amides is 2. The molecule has 9 aliphatic rings. The molecule has 4 N–H and O–H groups in total. The first-order chi connectivity index (χ1) is 43.9. The number of allylic oxidation sites excluding steroid dienone is 2. The molecule has 0 aromatic rings. The van der Waals surface area contributed by atoms with E-state index in [4.69, 9.17) is 34.3 Å². The van der Waals surface area contributed by atoms with Crippen molar-refractivity contribution in [3.63, 3.8) is 0 Å². The van der Waals surface area contributed by atoms with Gasteiger partial charge in [-0.15, -0.1) is 0 Å². The SMILES string of the molecule is C1CCOC1.CC(C)CCC[C@@H](C)[C@H]1CC[C@H]2[C@@H]3CC=C4C[C@@H](OC(=O)NCCN)CC[C@]4(C)[C@H]3CC[C@]12C.CCCN(CCNC(=O)O[C@H]1CC[C@@]2(C)C(=CC[C@H]3[C@@H]4CC[C@H]([C@H](C)CCCC(C)C)[C@@]4(C)CC[C@@H]32)C1)CC(=O)OCC.CCOC(=O)CBr.O=C=O.[H-].[Na+]. The summed E-state index contributed by atoms with van der Waals surface area (Å²) in [4.78, 5) is 65.1. The van der Waals surface area contributed by atoms with Crippen molar-refractivity contribution in [3.05, 3.63) is 23.3 Å². The minimum Gasteiger partial charge on any atom is -1.00 e. The number of hydrogen-bond donors (Lipinski definition) is 3. The third-order valence-electron chi connectivity index (χ3n) is 24.6. The zero-order valence-corrected chi connectivity index (χ0v) is 64.7. The number of halogens is 1. The molecule has 0 spiro atoms. The van der Waals surface area contributed by atoms with Gasteiger partial charge in [0.25, 0.3) is 0 Å². The summed E-state index contributed by atoms with van der Waals surface area (Å²) in [5.41, 5.74) is 10.3. The molecule has 530 valence electrons. The van der Waals surface area contributed by atoms with Gasteiger partial charge in [0.1, 0.15) is 17.5 Å². The van der Waals surface area contributed by atoms with Crippen LogP contribution in [0.3, 0.4) is 0 Å². The van der Waals surface area contributed by atoms with Crippen LogP contribution >= 0.6 is 15.9 Å². The van der Waals surface area contributed by atoms with Crippen LogP contribution in [-0.4, -0.2) is 118 Å². The molecule has 93 heavy (non-hydrogen) atoms. The van der Waals surface area contributed by atoms with Crippen LogP contribution < -0.4 is 45.9 Å². The van der Waals surface area contributed by atoms with Gasteiger partial charge in [-0.25, -0.2) is 9.59 Å². The number of alkyl carbamates (subject to hydrolysis) is 2. The minimum absolute atomic E-state index is 0. The number of nitrogens with one attached hydrogen (secondary N) is 2. The molecule has 0 aromatic carbocycles. The number of hydrogen-bond acceptors (Lipinski definition) is 13. The molecule has 8 aliphatic carbocycles. The Morgan fingerprint density at radius 2 is 1.08 bits per heavy atom. The van der Waals surface area contributed by atoms with Crippen molar-refractivity contribution in [2.75, 3.05) is 71.0 Å². The standard InChI is InChI=1S/C37H64N2O4.C30H52N2O2.C4H7BrO2.C4H8O.CO2.Na.H/c1-8-22-39(25-34(40)42-9-2)23-21-38-35(41)43-29-17-19-36(6)28(24-29)13-14-30-32-16-15-31(27(5)12-10-11-26(3)4)37(32,7)20-18-33(30)36;1-20(2)7-6-8-21(3)25-11-12-26-24-10-9-22-19-23(34-28(33)32-18-17-31)13-15-29(22,4)27(24)14-16-30(25,26)5;1-2-7-4(6)3-5;1-2-4-5-3-1;2-1-3;;/h13,26-27,29-33H,8-12,14-25H2,1-7H3,(H,38,41);9,20-21,23-27H,6-8,10-19,31H2,1-5H3,(H,32,33);2-3H2,1H3;1-4H2;;;/q;;;;;+1;-1/t27-,29+,30+,31-,32+,33+,36+,37-;21-,23+,24+,25-,26+,27+,29+,30-;;;;;/m11...../s1. The Labute approximate surface area is 596 Å². The molecule has 16 atom stereocenters. The second-order valence-corrected chi connectivity index (χ2v) is 31.7. The van der Waals surface area contributed by atoms with E-state index in [9.17, 15) is 19.2 Å². The van der Waals surface area contributed by atoms with Gasteiger partial charge in [-0.3, -0.25) is 14.5 Å². The Morgan fingerprint density at radius 1 is 0.634 bits per heavy atom. The smallest absolute Gasteiger partial charge is 1.00 e. The normalized spacial score (nSPS) is 32.5. The van der Waals surface area contributed by atoms with Crippen molar-refractivity contribution < 1.29 is 83.4 Å². The summed E-state index contributed by atoms with van der Waals surface area (Å²) < 4.78 is 26.2. The first kappa shape index (κ1) is 83.1. The van der Waals surface area contributed by atoms with E-state index in [2.05, 4.69) is 120 Å². The van der Waals surface area contributed by atoms with E-state index in [1.54, 1.807) is 18.1 Å². The Morgan fingerprint density at radius 3 is 1.45 bits per heavy atom. The first-order valence-corrected chi connectivity index (χ1v) is 38.2. The summed E-state index contributed by atoms with van der Waals surface area (Å²) in [6.45, 7) is 36.6. The summed E-state index contributed by atoms with van der Waals surface area (Å²) in [5.74, 6) is 9.79. The predicted molar refractivity (Wildman–Crippen MR) is 372 cm³/mol. The maximum atomic E-state index is 12.7. The quantitative estimate of drug-likeness (QED) is 0.0271. The van der Waals surface area contributed by atoms with Crippen LogP contribution in [0.1, 0.15) is 252 Å². The van der Waals surface area contributed by atoms with Crippen molar-refractivity contribution in [1.82, 2.24) is 15.5 Å². The van der Waals surface area contributed by atoms with Gasteiger partial charge in [-0.05, 0) is 222 Å². The van der Waals surface area contributed by atoms with Crippen molar-refractivity contribution >= 4 is 46.2 Å². The van der Waals surface area contributed by atoms with Crippen LogP contribution in [0.4, 0.5) is 9.59 Å². The molecular weight excluding hydrogens is 1250 g/mol. The third kappa shape index (κ3) is 23.4. The van der Waals surface area contributed by atoms with Gasteiger partial charge in [0.05, 0.1) is 19.8 Å². The number of carbonyl (C=O) groups is 4. The van der Waals surface area contributed by atoms with Crippen LogP contribution in [-0.2, 0) is 42.9 Å². The van der Waals surface area contributed by atoms with Crippen LogP contribution in [0.5, 0.6) is 0 Å². The van der Waals surface area contributed by atoms with E-state index in [1.807, 2.05) is 11.8 Å². The van der Waals surface area contributed by atoms with Crippen LogP contribution in [0.15, 0.2) is 23.3 Å². The van der Waals surface area contributed by atoms with Crippen LogP contribution in [0.2, 0.25) is 0 Å². The van der Waals surface area contributed by atoms with E-state index in [0.717, 1.165) is 136 Å². The predicted octanol–water partition coefficient (Wildman–Crippen LogP) is 13.8. The largest absolute Gasteiger partial charge is 1.00 e. The molecule has 17 heteroatoms. The number of rotatable bonds is 24. The first-order valence-electron chi connectivity index (χ1n) is 37.1. The van der Waals surface area contributed by atoms with E-state index < -0.39 is 0 Å². The molecule has 1 heterocycles. The van der Waals surface area contributed by atoms with E-state index in [0.29, 0.717) is 61.0 Å². The third-order valence-corrected chi connectivity index (χ3v) is 25.1. The molecule has 15 nitrogen and oxygen atoms in total. The van der Waals surface area contributed by atoms with E-state index in [1.165, 1.54) is 116 Å². The van der Waals surface area contributed by atoms with Gasteiger partial charge in [0, 0.05) is 52.2 Å². The summed E-state index contributed by atoms with van der Waals surface area (Å²) in [5, 5.41) is 5.99. The number of carbonyl (C=O) groups excluding carboxylic acids is 6. The van der Waals surface area contributed by atoms with Crippen LogP contribution in [0, 0.1) is 92.7 Å². The molecule has 1 aliphatic heterocycles. The second kappa shape index (κ2) is 41.3.